The molecule has 0 aliphatic carbocycles. The molecule has 18 heavy (non-hydrogen) atoms. The Kier molecular flexibility index (Phi) is 5.12. The number of carbonyl (C=O) groups is 1. The molecule has 0 saturated heterocycles. The Hall–Kier alpha value is -1.59. The van der Waals surface area contributed by atoms with Crippen LogP contribution in [0.3, 0.4) is 0 Å². The van der Waals surface area contributed by atoms with Crippen molar-refractivity contribution in [2.24, 2.45) is 5.73 Å². The Bertz CT molecular complexity index is 417. The minimum absolute atomic E-state index is 0.0156. The fourth-order valence-electron chi connectivity index (χ4n) is 1.80. The number of hydrogen-bond donors (Lipinski definition) is 2. The van der Waals surface area contributed by atoms with E-state index in [1.54, 1.807) is 26.4 Å². The van der Waals surface area contributed by atoms with E-state index >= 15 is 0 Å². The van der Waals surface area contributed by atoms with E-state index in [2.05, 4.69) is 5.32 Å². The lowest BCUT2D eigenvalue weighted by atomic mass is 10.1. The zero-order valence-electron chi connectivity index (χ0n) is 11.2. The number of aryl methyl sites for hydroxylation is 1. The third-order valence-electron chi connectivity index (χ3n) is 2.77. The maximum absolute atomic E-state index is 11.0. The summed E-state index contributed by atoms with van der Waals surface area (Å²) >= 11 is 0. The number of carbonyl (C=O) groups excluding carboxylic acids is 1. The number of ether oxygens (including phenoxy) is 2. The first kappa shape index (κ1) is 14.5. The van der Waals surface area contributed by atoms with Crippen molar-refractivity contribution in [3.05, 3.63) is 29.3 Å². The summed E-state index contributed by atoms with van der Waals surface area (Å²) in [6.07, 6.45) is -0.333. The lowest BCUT2D eigenvalue weighted by Crippen LogP contribution is -2.34. The normalized spacial score (nSPS) is 12.5. The van der Waals surface area contributed by atoms with Gasteiger partial charge in [0.2, 0.25) is 5.91 Å². The van der Waals surface area contributed by atoms with E-state index in [9.17, 15) is 4.79 Å². The van der Waals surface area contributed by atoms with Gasteiger partial charge in [0.15, 0.2) is 6.29 Å². The van der Waals surface area contributed by atoms with Crippen LogP contribution in [0.1, 0.15) is 22.8 Å². The summed E-state index contributed by atoms with van der Waals surface area (Å²) in [6, 6.07) is 5.26. The molecule has 0 bridgehead atoms. The van der Waals surface area contributed by atoms with Crippen molar-refractivity contribution in [2.45, 2.75) is 26.2 Å². The van der Waals surface area contributed by atoms with Crippen molar-refractivity contribution in [3.63, 3.8) is 0 Å². The van der Waals surface area contributed by atoms with Gasteiger partial charge in [-0.1, -0.05) is 0 Å². The van der Waals surface area contributed by atoms with Crippen LogP contribution < -0.4 is 11.1 Å². The van der Waals surface area contributed by atoms with Crippen LogP contribution in [0.15, 0.2) is 18.2 Å². The van der Waals surface area contributed by atoms with Gasteiger partial charge in [-0.2, -0.15) is 0 Å². The van der Waals surface area contributed by atoms with Gasteiger partial charge < -0.3 is 20.5 Å². The summed E-state index contributed by atoms with van der Waals surface area (Å²) in [7, 11) is 3.19. The van der Waals surface area contributed by atoms with Crippen LogP contribution >= 0.6 is 0 Å². The lowest BCUT2D eigenvalue weighted by Gasteiger charge is -2.24. The van der Waals surface area contributed by atoms with Crippen LogP contribution in [-0.4, -0.2) is 32.5 Å². The van der Waals surface area contributed by atoms with Gasteiger partial charge in [0.05, 0.1) is 6.04 Å². The number of nitrogens with one attached hydrogen (secondary N) is 1. The van der Waals surface area contributed by atoms with Gasteiger partial charge in [0.1, 0.15) is 0 Å². The molecule has 0 aliphatic heterocycles. The number of nitrogens with two attached hydrogens (primary N) is 1. The minimum Gasteiger partial charge on any atom is -0.377 e. The zero-order valence-corrected chi connectivity index (χ0v) is 11.2. The van der Waals surface area contributed by atoms with Crippen LogP contribution in [0.4, 0.5) is 5.69 Å². The number of anilines is 1. The minimum atomic E-state index is -0.427. The molecule has 1 rings (SSSR count). The molecule has 0 fully saturated rings. The van der Waals surface area contributed by atoms with Crippen LogP contribution in [0, 0.1) is 6.92 Å². The van der Waals surface area contributed by atoms with E-state index in [4.69, 9.17) is 15.2 Å². The molecule has 1 amide bonds. The lowest BCUT2D eigenvalue weighted by molar-refractivity contribution is -0.109. The molecule has 0 heterocycles. The smallest absolute Gasteiger partial charge is 0.248 e. The van der Waals surface area contributed by atoms with Gasteiger partial charge >= 0.3 is 0 Å². The Morgan fingerprint density at radius 1 is 1.33 bits per heavy atom. The fraction of sp³-hybridized carbons (Fsp3) is 0.462. The predicted octanol–water partition coefficient (Wildman–Crippen LogP) is 1.51. The molecule has 1 unspecified atom stereocenters. The summed E-state index contributed by atoms with van der Waals surface area (Å²) in [5, 5.41) is 3.28. The highest BCUT2D eigenvalue weighted by Crippen LogP contribution is 2.18. The van der Waals surface area contributed by atoms with Crippen molar-refractivity contribution in [2.75, 3.05) is 19.5 Å². The van der Waals surface area contributed by atoms with Crippen LogP contribution in [-0.2, 0) is 9.47 Å². The van der Waals surface area contributed by atoms with E-state index in [0.717, 1.165) is 11.3 Å². The molecule has 0 aromatic heterocycles. The molecular formula is C13H20N2O3. The number of hydrogen-bond acceptors (Lipinski definition) is 4. The first-order chi connectivity index (χ1) is 8.49. The number of rotatable bonds is 6. The third-order valence-corrected chi connectivity index (χ3v) is 2.77. The van der Waals surface area contributed by atoms with Gasteiger partial charge in [-0.3, -0.25) is 4.79 Å². The molecule has 0 saturated carbocycles. The number of amides is 1. The van der Waals surface area contributed by atoms with E-state index in [1.165, 1.54) is 0 Å². The Balaban J connectivity index is 2.82. The maximum Gasteiger partial charge on any atom is 0.248 e. The standard InChI is InChI=1S/C13H20N2O3/c1-8-7-10(12(14)16)5-6-11(8)15-9(2)13(17-3)18-4/h5-7,9,13,15H,1-4H3,(H2,14,16). The van der Waals surface area contributed by atoms with Crippen molar-refractivity contribution in [1.82, 2.24) is 0 Å². The average molecular weight is 252 g/mol. The second kappa shape index (κ2) is 6.37. The fourth-order valence-corrected chi connectivity index (χ4v) is 1.80. The highest BCUT2D eigenvalue weighted by Gasteiger charge is 2.16. The molecule has 1 atom stereocenters. The van der Waals surface area contributed by atoms with Gasteiger partial charge in [-0.05, 0) is 37.6 Å². The van der Waals surface area contributed by atoms with Gasteiger partial charge in [0, 0.05) is 25.5 Å². The van der Waals surface area contributed by atoms with Crippen LogP contribution in [0.25, 0.3) is 0 Å². The molecule has 1 aromatic rings. The highest BCUT2D eigenvalue weighted by molar-refractivity contribution is 5.93. The van der Waals surface area contributed by atoms with Crippen LogP contribution in [0.5, 0.6) is 0 Å². The Morgan fingerprint density at radius 3 is 2.39 bits per heavy atom. The van der Waals surface area contributed by atoms with Gasteiger partial charge in [-0.25, -0.2) is 0 Å². The first-order valence-corrected chi connectivity index (χ1v) is 5.72. The number of benzene rings is 1. The second-order valence-electron chi connectivity index (χ2n) is 4.17. The highest BCUT2D eigenvalue weighted by atomic mass is 16.7. The molecule has 100 valence electrons. The van der Waals surface area contributed by atoms with Crippen molar-refractivity contribution in [3.8, 4) is 0 Å². The largest absolute Gasteiger partial charge is 0.377 e. The van der Waals surface area contributed by atoms with E-state index in [1.807, 2.05) is 19.9 Å². The van der Waals surface area contributed by atoms with E-state index in [-0.39, 0.29) is 12.3 Å². The first-order valence-electron chi connectivity index (χ1n) is 5.72. The van der Waals surface area contributed by atoms with Crippen LogP contribution in [0.2, 0.25) is 0 Å². The predicted molar refractivity (Wildman–Crippen MR) is 70.6 cm³/mol. The maximum atomic E-state index is 11.0. The molecule has 3 N–H and O–H groups in total. The SMILES string of the molecule is COC(OC)C(C)Nc1ccc(C(N)=O)cc1C. The number of primary amides is 1. The molecule has 0 aliphatic rings. The Morgan fingerprint density at radius 2 is 1.94 bits per heavy atom. The summed E-state index contributed by atoms with van der Waals surface area (Å²) in [5.41, 5.74) is 7.60. The molecule has 0 spiro atoms. The summed E-state index contributed by atoms with van der Waals surface area (Å²) in [6.45, 7) is 3.87. The van der Waals surface area contributed by atoms with Crippen molar-refractivity contribution in [1.29, 1.82) is 0 Å². The molecule has 1 aromatic carbocycles. The zero-order chi connectivity index (χ0) is 13.7. The van der Waals surface area contributed by atoms with Crippen molar-refractivity contribution >= 4 is 11.6 Å². The molecular weight excluding hydrogens is 232 g/mol. The van der Waals surface area contributed by atoms with Gasteiger partial charge in [0.25, 0.3) is 0 Å². The molecule has 0 radical (unpaired) electrons. The molecule has 5 heteroatoms. The third kappa shape index (κ3) is 3.45. The summed E-state index contributed by atoms with van der Waals surface area (Å²) in [4.78, 5) is 11.0. The van der Waals surface area contributed by atoms with E-state index < -0.39 is 5.91 Å². The average Bonchev–Trinajstić information content (AvgIpc) is 2.33. The Labute approximate surface area is 107 Å². The summed E-state index contributed by atoms with van der Waals surface area (Å²) < 4.78 is 10.4. The second-order valence-corrected chi connectivity index (χ2v) is 4.17. The molecule has 5 nitrogen and oxygen atoms in total. The monoisotopic (exact) mass is 252 g/mol. The quantitative estimate of drug-likeness (QED) is 0.753. The summed E-state index contributed by atoms with van der Waals surface area (Å²) in [5.74, 6) is -0.427. The number of methoxy groups -OCH3 is 2. The van der Waals surface area contributed by atoms with E-state index in [0.29, 0.717) is 5.56 Å². The van der Waals surface area contributed by atoms with Crippen molar-refractivity contribution < 1.29 is 14.3 Å². The topological polar surface area (TPSA) is 73.6 Å². The van der Waals surface area contributed by atoms with Gasteiger partial charge in [-0.15, -0.1) is 0 Å².